The Balaban J connectivity index is 2.43. The van der Waals surface area contributed by atoms with Gasteiger partial charge in [0.2, 0.25) is 0 Å². The second kappa shape index (κ2) is 4.03. The van der Waals surface area contributed by atoms with Gasteiger partial charge in [0, 0.05) is 5.56 Å². The van der Waals surface area contributed by atoms with Crippen LogP contribution in [0.4, 0.5) is 17.6 Å². The molecule has 6 heteroatoms. The largest absolute Gasteiger partial charge is 0.416 e. The van der Waals surface area contributed by atoms with Gasteiger partial charge in [0.15, 0.2) is 6.29 Å². The van der Waals surface area contributed by atoms with Crippen molar-refractivity contribution in [2.45, 2.75) is 12.5 Å². The zero-order chi connectivity index (χ0) is 11.8. The Morgan fingerprint density at radius 3 is 2.31 bits per heavy atom. The highest BCUT2D eigenvalue weighted by molar-refractivity contribution is 5.31. The van der Waals surface area contributed by atoms with Crippen molar-refractivity contribution in [3.05, 3.63) is 35.1 Å². The Labute approximate surface area is 88.8 Å². The smallest absolute Gasteiger partial charge is 0.346 e. The van der Waals surface area contributed by atoms with E-state index in [0.29, 0.717) is 6.07 Å². The second-order valence-electron chi connectivity index (χ2n) is 3.30. The molecule has 1 heterocycles. The maximum absolute atomic E-state index is 12.9. The van der Waals surface area contributed by atoms with E-state index >= 15 is 0 Å². The van der Waals surface area contributed by atoms with E-state index in [1.54, 1.807) is 0 Å². The predicted molar refractivity (Wildman–Crippen MR) is 46.0 cm³/mol. The number of rotatable bonds is 1. The molecule has 0 unspecified atom stereocenters. The van der Waals surface area contributed by atoms with Gasteiger partial charge < -0.3 is 9.47 Å². The summed E-state index contributed by atoms with van der Waals surface area (Å²) >= 11 is 0. The number of hydrogen-bond acceptors (Lipinski definition) is 2. The van der Waals surface area contributed by atoms with Gasteiger partial charge in [-0.15, -0.1) is 0 Å². The van der Waals surface area contributed by atoms with Crippen molar-refractivity contribution in [1.29, 1.82) is 0 Å². The summed E-state index contributed by atoms with van der Waals surface area (Å²) in [5.41, 5.74) is -1.24. The van der Waals surface area contributed by atoms with Gasteiger partial charge in [-0.2, -0.15) is 13.2 Å². The van der Waals surface area contributed by atoms with Gasteiger partial charge in [0.25, 0.3) is 0 Å². The molecule has 2 rings (SSSR count). The van der Waals surface area contributed by atoms with Crippen LogP contribution >= 0.6 is 0 Å². The zero-order valence-corrected chi connectivity index (χ0v) is 8.05. The topological polar surface area (TPSA) is 18.5 Å². The summed E-state index contributed by atoms with van der Waals surface area (Å²) in [5, 5.41) is 0. The number of benzene rings is 1. The normalized spacial score (nSPS) is 18.0. The van der Waals surface area contributed by atoms with Crippen LogP contribution in [0.3, 0.4) is 0 Å². The SMILES string of the molecule is Fc1ccc(C(F)(F)F)c(C2OCCO2)c1. The molecule has 0 bridgehead atoms. The van der Waals surface area contributed by atoms with Crippen LogP contribution in [0.2, 0.25) is 0 Å². The quantitative estimate of drug-likeness (QED) is 0.698. The van der Waals surface area contributed by atoms with Gasteiger partial charge in [-0.3, -0.25) is 0 Å². The maximum Gasteiger partial charge on any atom is 0.416 e. The molecular formula is C10H8F4O2. The molecule has 1 aliphatic rings. The first kappa shape index (κ1) is 11.3. The molecule has 0 aliphatic carbocycles. The Hall–Kier alpha value is -1.14. The monoisotopic (exact) mass is 236 g/mol. The number of halogens is 4. The lowest BCUT2D eigenvalue weighted by atomic mass is 10.1. The van der Waals surface area contributed by atoms with Crippen molar-refractivity contribution < 1.29 is 27.0 Å². The number of hydrogen-bond donors (Lipinski definition) is 0. The highest BCUT2D eigenvalue weighted by atomic mass is 19.4. The standard InChI is InChI=1S/C10H8F4O2/c11-6-1-2-8(10(12,13)14)7(5-6)9-15-3-4-16-9/h1-2,5,9H,3-4H2. The lowest BCUT2D eigenvalue weighted by Gasteiger charge is -2.16. The molecule has 1 aliphatic heterocycles. The lowest BCUT2D eigenvalue weighted by Crippen LogP contribution is -2.13. The van der Waals surface area contributed by atoms with Crippen LogP contribution in [0.15, 0.2) is 18.2 Å². The first-order valence-electron chi connectivity index (χ1n) is 4.58. The van der Waals surface area contributed by atoms with Crippen molar-refractivity contribution >= 4 is 0 Å². The molecule has 0 amide bonds. The van der Waals surface area contributed by atoms with Crippen molar-refractivity contribution in [2.75, 3.05) is 13.2 Å². The molecule has 1 saturated heterocycles. The third-order valence-electron chi connectivity index (χ3n) is 2.19. The molecular weight excluding hydrogens is 228 g/mol. The molecule has 0 aromatic heterocycles. The van der Waals surface area contributed by atoms with Crippen LogP contribution in [0.25, 0.3) is 0 Å². The summed E-state index contributed by atoms with van der Waals surface area (Å²) in [6.45, 7) is 0.414. The predicted octanol–water partition coefficient (Wildman–Crippen LogP) is 2.89. The van der Waals surface area contributed by atoms with Gasteiger partial charge in [-0.05, 0) is 18.2 Å². The van der Waals surface area contributed by atoms with Gasteiger partial charge in [-0.1, -0.05) is 0 Å². The van der Waals surface area contributed by atoms with Crippen LogP contribution in [0.5, 0.6) is 0 Å². The summed E-state index contributed by atoms with van der Waals surface area (Å²) in [6.07, 6.45) is -5.68. The van der Waals surface area contributed by atoms with E-state index < -0.39 is 23.8 Å². The maximum atomic E-state index is 12.9. The van der Waals surface area contributed by atoms with E-state index in [4.69, 9.17) is 9.47 Å². The van der Waals surface area contributed by atoms with Crippen LogP contribution < -0.4 is 0 Å². The minimum Gasteiger partial charge on any atom is -0.346 e. The van der Waals surface area contributed by atoms with Gasteiger partial charge in [0.1, 0.15) is 5.82 Å². The molecule has 2 nitrogen and oxygen atoms in total. The highest BCUT2D eigenvalue weighted by Crippen LogP contribution is 2.37. The minimum atomic E-state index is -4.54. The van der Waals surface area contributed by atoms with Crippen LogP contribution in [-0.4, -0.2) is 13.2 Å². The second-order valence-corrected chi connectivity index (χ2v) is 3.30. The highest BCUT2D eigenvalue weighted by Gasteiger charge is 2.37. The molecule has 0 atom stereocenters. The summed E-state index contributed by atoms with van der Waals surface area (Å²) in [6, 6.07) is 2.25. The van der Waals surface area contributed by atoms with Crippen LogP contribution in [-0.2, 0) is 15.7 Å². The Bertz CT molecular complexity index is 383. The molecule has 0 N–H and O–H groups in total. The third kappa shape index (κ3) is 2.17. The fourth-order valence-corrected chi connectivity index (χ4v) is 1.52. The van der Waals surface area contributed by atoms with E-state index in [9.17, 15) is 17.6 Å². The number of alkyl halides is 3. The molecule has 1 aromatic rings. The fraction of sp³-hybridized carbons (Fsp3) is 0.400. The molecule has 1 aromatic carbocycles. The van der Waals surface area contributed by atoms with E-state index in [2.05, 4.69) is 0 Å². The average molecular weight is 236 g/mol. The van der Waals surface area contributed by atoms with Crippen molar-refractivity contribution in [1.82, 2.24) is 0 Å². The summed E-state index contributed by atoms with van der Waals surface area (Å²) < 4.78 is 60.6. The van der Waals surface area contributed by atoms with E-state index in [0.717, 1.165) is 12.1 Å². The van der Waals surface area contributed by atoms with E-state index in [-0.39, 0.29) is 18.8 Å². The molecule has 0 radical (unpaired) electrons. The Morgan fingerprint density at radius 1 is 1.12 bits per heavy atom. The lowest BCUT2D eigenvalue weighted by molar-refractivity contribution is -0.142. The average Bonchev–Trinajstić information content (AvgIpc) is 2.68. The Kier molecular flexibility index (Phi) is 2.86. The third-order valence-corrected chi connectivity index (χ3v) is 2.19. The van der Waals surface area contributed by atoms with Gasteiger partial charge in [-0.25, -0.2) is 4.39 Å². The van der Waals surface area contributed by atoms with Crippen molar-refractivity contribution in [2.24, 2.45) is 0 Å². The van der Waals surface area contributed by atoms with Crippen LogP contribution in [0.1, 0.15) is 17.4 Å². The summed E-state index contributed by atoms with van der Waals surface area (Å²) in [4.78, 5) is 0. The van der Waals surface area contributed by atoms with Gasteiger partial charge >= 0.3 is 6.18 Å². The number of ether oxygens (including phenoxy) is 2. The molecule has 0 saturated carbocycles. The first-order valence-corrected chi connectivity index (χ1v) is 4.58. The summed E-state index contributed by atoms with van der Waals surface area (Å²) in [7, 11) is 0. The van der Waals surface area contributed by atoms with E-state index in [1.165, 1.54) is 0 Å². The van der Waals surface area contributed by atoms with Crippen LogP contribution in [0, 0.1) is 5.82 Å². The molecule has 16 heavy (non-hydrogen) atoms. The first-order chi connectivity index (χ1) is 7.48. The summed E-state index contributed by atoms with van der Waals surface area (Å²) in [5.74, 6) is -0.748. The Morgan fingerprint density at radius 2 is 1.75 bits per heavy atom. The molecule has 1 fully saturated rings. The van der Waals surface area contributed by atoms with Crippen molar-refractivity contribution in [3.8, 4) is 0 Å². The molecule has 88 valence electrons. The van der Waals surface area contributed by atoms with Crippen molar-refractivity contribution in [3.63, 3.8) is 0 Å². The van der Waals surface area contributed by atoms with Gasteiger partial charge in [0.05, 0.1) is 18.8 Å². The minimum absolute atomic E-state index is 0.207. The fourth-order valence-electron chi connectivity index (χ4n) is 1.52. The van der Waals surface area contributed by atoms with E-state index in [1.807, 2.05) is 0 Å². The molecule has 0 spiro atoms. The zero-order valence-electron chi connectivity index (χ0n) is 8.05.